The van der Waals surface area contributed by atoms with Gasteiger partial charge in [0, 0.05) is 24.6 Å². The molecule has 6 heteroatoms. The monoisotopic (exact) mass is 303 g/mol. The van der Waals surface area contributed by atoms with Crippen molar-refractivity contribution in [1.29, 1.82) is 0 Å². The van der Waals surface area contributed by atoms with Crippen LogP contribution in [0.15, 0.2) is 47.5 Å². The molecule has 0 fully saturated rings. The molecule has 0 amide bonds. The molecule has 21 heavy (non-hydrogen) atoms. The first-order chi connectivity index (χ1) is 10.2. The first-order valence-corrected chi connectivity index (χ1v) is 7.74. The Labute approximate surface area is 127 Å². The number of hydrogen-bond donors (Lipinski definition) is 1. The molecular formula is C15H17N3O2S. The number of nitrogens with one attached hydrogen (secondary N) is 1. The summed E-state index contributed by atoms with van der Waals surface area (Å²) in [5, 5.41) is 14.2. The second-order valence-electron chi connectivity index (χ2n) is 4.49. The van der Waals surface area contributed by atoms with E-state index in [2.05, 4.69) is 17.2 Å². The minimum Gasteiger partial charge on any atom is -0.370 e. The second-order valence-corrected chi connectivity index (χ2v) is 5.51. The van der Waals surface area contributed by atoms with Crippen LogP contribution >= 0.6 is 11.8 Å². The predicted molar refractivity (Wildman–Crippen MR) is 85.7 cm³/mol. The highest BCUT2D eigenvalue weighted by molar-refractivity contribution is 7.98. The van der Waals surface area contributed by atoms with E-state index in [-0.39, 0.29) is 10.6 Å². The summed E-state index contributed by atoms with van der Waals surface area (Å²) in [5.41, 5.74) is 1.19. The van der Waals surface area contributed by atoms with Gasteiger partial charge in [-0.3, -0.25) is 10.1 Å². The Morgan fingerprint density at radius 2 is 2.10 bits per heavy atom. The van der Waals surface area contributed by atoms with Crippen molar-refractivity contribution >= 4 is 23.3 Å². The number of nitrogens with zero attached hydrogens (tertiary/aromatic N) is 2. The molecule has 0 radical (unpaired) electrons. The third-order valence-electron chi connectivity index (χ3n) is 2.84. The zero-order valence-electron chi connectivity index (χ0n) is 11.8. The summed E-state index contributed by atoms with van der Waals surface area (Å²) in [6.07, 6.45) is 2.86. The number of nitro groups is 1. The highest BCUT2D eigenvalue weighted by Crippen LogP contribution is 2.31. The fourth-order valence-electron chi connectivity index (χ4n) is 1.76. The first kappa shape index (κ1) is 15.3. The van der Waals surface area contributed by atoms with Crippen LogP contribution in [0, 0.1) is 10.1 Å². The molecule has 110 valence electrons. The summed E-state index contributed by atoms with van der Waals surface area (Å²) in [6.45, 7) is 3.00. The molecule has 1 heterocycles. The molecule has 2 aromatic rings. The van der Waals surface area contributed by atoms with E-state index in [1.54, 1.807) is 18.3 Å². The van der Waals surface area contributed by atoms with Crippen LogP contribution < -0.4 is 5.32 Å². The molecular weight excluding hydrogens is 286 g/mol. The summed E-state index contributed by atoms with van der Waals surface area (Å²) in [6, 6.07) is 10.7. The van der Waals surface area contributed by atoms with Crippen molar-refractivity contribution in [2.24, 2.45) is 0 Å². The predicted octanol–water partition coefficient (Wildman–Crippen LogP) is 4.10. The van der Waals surface area contributed by atoms with E-state index >= 15 is 0 Å². The third kappa shape index (κ3) is 4.46. The lowest BCUT2D eigenvalue weighted by atomic mass is 10.3. The quantitative estimate of drug-likeness (QED) is 0.474. The van der Waals surface area contributed by atoms with E-state index in [9.17, 15) is 10.1 Å². The van der Waals surface area contributed by atoms with Crippen LogP contribution in [0.3, 0.4) is 0 Å². The van der Waals surface area contributed by atoms with Crippen LogP contribution in [0.1, 0.15) is 18.9 Å². The summed E-state index contributed by atoms with van der Waals surface area (Å²) in [7, 11) is 0. The van der Waals surface area contributed by atoms with Gasteiger partial charge in [0.25, 0.3) is 5.69 Å². The average molecular weight is 303 g/mol. The van der Waals surface area contributed by atoms with Crippen molar-refractivity contribution in [2.45, 2.75) is 24.0 Å². The number of anilines is 1. The number of thioether (sulfide) groups is 1. The van der Waals surface area contributed by atoms with Crippen LogP contribution in [0.25, 0.3) is 0 Å². The van der Waals surface area contributed by atoms with E-state index in [0.29, 0.717) is 10.6 Å². The normalized spacial score (nSPS) is 10.3. The van der Waals surface area contributed by atoms with Crippen LogP contribution in [0.4, 0.5) is 11.5 Å². The average Bonchev–Trinajstić information content (AvgIpc) is 2.52. The SMILES string of the molecule is CCCNc1ccc(CSc2ccccc2[N+](=O)[O-])cn1. The number of benzene rings is 1. The molecule has 1 aromatic carbocycles. The number of pyridine rings is 1. The Morgan fingerprint density at radius 3 is 2.76 bits per heavy atom. The zero-order valence-corrected chi connectivity index (χ0v) is 12.6. The van der Waals surface area contributed by atoms with Gasteiger partial charge in [-0.2, -0.15) is 0 Å². The van der Waals surface area contributed by atoms with Crippen molar-refractivity contribution in [3.05, 3.63) is 58.3 Å². The Balaban J connectivity index is 1.98. The van der Waals surface area contributed by atoms with E-state index in [0.717, 1.165) is 24.3 Å². The van der Waals surface area contributed by atoms with Gasteiger partial charge in [0.1, 0.15) is 5.82 Å². The molecule has 5 nitrogen and oxygen atoms in total. The number of hydrogen-bond acceptors (Lipinski definition) is 5. The van der Waals surface area contributed by atoms with Crippen molar-refractivity contribution in [3.8, 4) is 0 Å². The molecule has 0 aliphatic carbocycles. The smallest absolute Gasteiger partial charge is 0.282 e. The number of para-hydroxylation sites is 1. The molecule has 0 saturated carbocycles. The third-order valence-corrected chi connectivity index (χ3v) is 3.97. The second kappa shape index (κ2) is 7.64. The number of rotatable bonds is 7. The molecule has 0 bridgehead atoms. The lowest BCUT2D eigenvalue weighted by Crippen LogP contribution is -2.01. The summed E-state index contributed by atoms with van der Waals surface area (Å²) < 4.78 is 0. The fraction of sp³-hybridized carbons (Fsp3) is 0.267. The topological polar surface area (TPSA) is 68.1 Å². The van der Waals surface area contributed by atoms with Gasteiger partial charge in [0.2, 0.25) is 0 Å². The van der Waals surface area contributed by atoms with Gasteiger partial charge in [-0.15, -0.1) is 11.8 Å². The van der Waals surface area contributed by atoms with Gasteiger partial charge in [-0.1, -0.05) is 25.1 Å². The van der Waals surface area contributed by atoms with Crippen molar-refractivity contribution in [2.75, 3.05) is 11.9 Å². The molecule has 0 unspecified atom stereocenters. The minimum absolute atomic E-state index is 0.150. The summed E-state index contributed by atoms with van der Waals surface area (Å²) >= 11 is 1.45. The van der Waals surface area contributed by atoms with Gasteiger partial charge >= 0.3 is 0 Å². The molecule has 0 aliphatic heterocycles. The van der Waals surface area contributed by atoms with Crippen LogP contribution in [0.2, 0.25) is 0 Å². The minimum atomic E-state index is -0.349. The van der Waals surface area contributed by atoms with Gasteiger partial charge in [0.05, 0.1) is 9.82 Å². The Kier molecular flexibility index (Phi) is 5.57. The largest absolute Gasteiger partial charge is 0.370 e. The molecule has 0 saturated heterocycles. The lowest BCUT2D eigenvalue weighted by molar-refractivity contribution is -0.387. The van der Waals surface area contributed by atoms with Gasteiger partial charge in [-0.05, 0) is 24.1 Å². The molecule has 1 N–H and O–H groups in total. The summed E-state index contributed by atoms with van der Waals surface area (Å²) in [5.74, 6) is 1.52. The fourth-order valence-corrected chi connectivity index (χ4v) is 2.72. The van der Waals surface area contributed by atoms with Gasteiger partial charge in [0.15, 0.2) is 0 Å². The summed E-state index contributed by atoms with van der Waals surface area (Å²) in [4.78, 5) is 15.6. The molecule has 0 aliphatic rings. The van der Waals surface area contributed by atoms with E-state index < -0.39 is 0 Å². The number of aromatic nitrogens is 1. The maximum atomic E-state index is 10.9. The van der Waals surface area contributed by atoms with Crippen LogP contribution in [-0.4, -0.2) is 16.5 Å². The van der Waals surface area contributed by atoms with Gasteiger partial charge in [-0.25, -0.2) is 4.98 Å². The van der Waals surface area contributed by atoms with Gasteiger partial charge < -0.3 is 5.32 Å². The van der Waals surface area contributed by atoms with E-state index in [4.69, 9.17) is 0 Å². The van der Waals surface area contributed by atoms with E-state index in [1.807, 2.05) is 18.2 Å². The molecule has 2 rings (SSSR count). The van der Waals surface area contributed by atoms with Crippen molar-refractivity contribution in [1.82, 2.24) is 4.98 Å². The number of nitro benzene ring substituents is 1. The highest BCUT2D eigenvalue weighted by atomic mass is 32.2. The van der Waals surface area contributed by atoms with Crippen molar-refractivity contribution in [3.63, 3.8) is 0 Å². The molecule has 1 aromatic heterocycles. The maximum Gasteiger partial charge on any atom is 0.282 e. The van der Waals surface area contributed by atoms with Crippen LogP contribution in [0.5, 0.6) is 0 Å². The zero-order chi connectivity index (χ0) is 15.1. The maximum absolute atomic E-state index is 10.9. The highest BCUT2D eigenvalue weighted by Gasteiger charge is 2.12. The van der Waals surface area contributed by atoms with Crippen LogP contribution in [-0.2, 0) is 5.75 Å². The lowest BCUT2D eigenvalue weighted by Gasteiger charge is -2.05. The molecule has 0 spiro atoms. The molecule has 0 atom stereocenters. The van der Waals surface area contributed by atoms with Crippen molar-refractivity contribution < 1.29 is 4.92 Å². The van der Waals surface area contributed by atoms with E-state index in [1.165, 1.54) is 17.8 Å². The first-order valence-electron chi connectivity index (χ1n) is 6.75. The standard InChI is InChI=1S/C15H17N3O2S/c1-2-9-16-15-8-7-12(10-17-15)11-21-14-6-4-3-5-13(14)18(19)20/h3-8,10H,2,9,11H2,1H3,(H,16,17). The Hall–Kier alpha value is -2.08. The Morgan fingerprint density at radius 1 is 1.29 bits per heavy atom. The Bertz CT molecular complexity index is 602.